The number of carbonyl (C=O) groups is 2. The third kappa shape index (κ3) is 3.28. The first kappa shape index (κ1) is 18.8. The van der Waals surface area contributed by atoms with Crippen LogP contribution in [0.1, 0.15) is 33.5 Å². The molecule has 2 heterocycles. The Kier molecular flexibility index (Phi) is 4.59. The van der Waals surface area contributed by atoms with E-state index in [1.54, 1.807) is 13.0 Å². The van der Waals surface area contributed by atoms with Crippen molar-refractivity contribution in [3.05, 3.63) is 96.0 Å². The van der Waals surface area contributed by atoms with E-state index in [1.807, 2.05) is 66.7 Å². The standard InChI is InChI=1S/C25H18N2O4/c1-2-30-25(29)23-20(15-27(26-23)17-9-4-3-5-10-17)24(28)22-14-19-18-11-7-6-8-16(18)12-13-21(19)31-22/h3-15H,2H2,1H3. The minimum atomic E-state index is -0.651. The van der Waals surface area contributed by atoms with Gasteiger partial charge >= 0.3 is 5.97 Å². The van der Waals surface area contributed by atoms with Gasteiger partial charge in [0, 0.05) is 11.6 Å². The Morgan fingerprint density at radius 2 is 1.74 bits per heavy atom. The van der Waals surface area contributed by atoms with Gasteiger partial charge < -0.3 is 9.15 Å². The summed E-state index contributed by atoms with van der Waals surface area (Å²) in [4.78, 5) is 25.9. The van der Waals surface area contributed by atoms with Crippen LogP contribution in [0.15, 0.2) is 83.4 Å². The zero-order valence-electron chi connectivity index (χ0n) is 16.7. The van der Waals surface area contributed by atoms with E-state index < -0.39 is 11.8 Å². The van der Waals surface area contributed by atoms with E-state index in [2.05, 4.69) is 5.10 Å². The average Bonchev–Trinajstić information content (AvgIpc) is 3.45. The van der Waals surface area contributed by atoms with Gasteiger partial charge in [0.15, 0.2) is 11.5 Å². The van der Waals surface area contributed by atoms with E-state index in [4.69, 9.17) is 9.15 Å². The topological polar surface area (TPSA) is 74.3 Å². The Bertz CT molecular complexity index is 1430. The molecule has 31 heavy (non-hydrogen) atoms. The number of furan rings is 1. The van der Waals surface area contributed by atoms with Crippen molar-refractivity contribution in [2.75, 3.05) is 6.61 Å². The van der Waals surface area contributed by atoms with E-state index in [0.717, 1.165) is 21.8 Å². The summed E-state index contributed by atoms with van der Waals surface area (Å²) in [7, 11) is 0. The van der Waals surface area contributed by atoms with Gasteiger partial charge in [-0.2, -0.15) is 5.10 Å². The predicted octanol–water partition coefficient (Wildman–Crippen LogP) is 5.18. The molecule has 6 heteroatoms. The van der Waals surface area contributed by atoms with Gasteiger partial charge in [0.1, 0.15) is 5.58 Å². The summed E-state index contributed by atoms with van der Waals surface area (Å²) in [5, 5.41) is 7.22. The van der Waals surface area contributed by atoms with Gasteiger partial charge in [0.2, 0.25) is 5.78 Å². The fraction of sp³-hybridized carbons (Fsp3) is 0.0800. The van der Waals surface area contributed by atoms with E-state index in [-0.39, 0.29) is 23.6 Å². The number of esters is 1. The third-order valence-corrected chi connectivity index (χ3v) is 5.10. The van der Waals surface area contributed by atoms with Crippen molar-refractivity contribution in [2.24, 2.45) is 0 Å². The van der Waals surface area contributed by atoms with Crippen LogP contribution in [0.25, 0.3) is 27.4 Å². The Hall–Kier alpha value is -4.19. The second-order valence-electron chi connectivity index (χ2n) is 7.03. The molecule has 0 spiro atoms. The summed E-state index contributed by atoms with van der Waals surface area (Å²) >= 11 is 0. The van der Waals surface area contributed by atoms with Gasteiger partial charge in [-0.1, -0.05) is 48.5 Å². The zero-order chi connectivity index (χ0) is 21.4. The number of ether oxygens (including phenoxy) is 1. The minimum absolute atomic E-state index is 0.0407. The van der Waals surface area contributed by atoms with E-state index in [0.29, 0.717) is 5.58 Å². The second-order valence-corrected chi connectivity index (χ2v) is 7.03. The molecule has 0 aliphatic heterocycles. The lowest BCUT2D eigenvalue weighted by Crippen LogP contribution is -2.11. The molecule has 5 rings (SSSR count). The molecule has 0 atom stereocenters. The number of hydrogen-bond donors (Lipinski definition) is 0. The maximum Gasteiger partial charge on any atom is 0.359 e. The van der Waals surface area contributed by atoms with Crippen LogP contribution in [0.3, 0.4) is 0 Å². The van der Waals surface area contributed by atoms with Crippen LogP contribution in [-0.4, -0.2) is 28.1 Å². The molecule has 0 radical (unpaired) electrons. The van der Waals surface area contributed by atoms with Crippen LogP contribution in [0, 0.1) is 0 Å². The van der Waals surface area contributed by atoms with Gasteiger partial charge in [-0.15, -0.1) is 0 Å². The van der Waals surface area contributed by atoms with Crippen molar-refractivity contribution < 1.29 is 18.7 Å². The lowest BCUT2D eigenvalue weighted by atomic mass is 10.1. The molecule has 0 unspecified atom stereocenters. The van der Waals surface area contributed by atoms with Crippen LogP contribution < -0.4 is 0 Å². The van der Waals surface area contributed by atoms with Crippen molar-refractivity contribution >= 4 is 33.5 Å². The summed E-state index contributed by atoms with van der Waals surface area (Å²) in [6.07, 6.45) is 1.54. The summed E-state index contributed by atoms with van der Waals surface area (Å²) in [6, 6.07) is 22.7. The molecule has 0 saturated carbocycles. The van der Waals surface area contributed by atoms with Gasteiger partial charge in [-0.3, -0.25) is 4.79 Å². The maximum absolute atomic E-state index is 13.4. The van der Waals surface area contributed by atoms with Gasteiger partial charge in [0.05, 0.1) is 17.9 Å². The van der Waals surface area contributed by atoms with Crippen molar-refractivity contribution in [3.63, 3.8) is 0 Å². The molecule has 0 saturated heterocycles. The van der Waals surface area contributed by atoms with E-state index >= 15 is 0 Å². The van der Waals surface area contributed by atoms with E-state index in [9.17, 15) is 9.59 Å². The number of ketones is 1. The summed E-state index contributed by atoms with van der Waals surface area (Å²) in [5.41, 5.74) is 1.42. The number of hydrogen-bond acceptors (Lipinski definition) is 5. The Labute approximate surface area is 177 Å². The van der Waals surface area contributed by atoms with Crippen LogP contribution in [0.4, 0.5) is 0 Å². The molecule has 0 fully saturated rings. The number of nitrogens with zero attached hydrogens (tertiary/aromatic N) is 2. The molecule has 3 aromatic carbocycles. The Morgan fingerprint density at radius 1 is 0.968 bits per heavy atom. The van der Waals surface area contributed by atoms with Crippen LogP contribution in [0.2, 0.25) is 0 Å². The second kappa shape index (κ2) is 7.57. The van der Waals surface area contributed by atoms with Crippen molar-refractivity contribution in [1.29, 1.82) is 0 Å². The van der Waals surface area contributed by atoms with Gasteiger partial charge in [-0.05, 0) is 42.0 Å². The van der Waals surface area contributed by atoms with Crippen molar-refractivity contribution in [3.8, 4) is 5.69 Å². The monoisotopic (exact) mass is 410 g/mol. The number of carbonyl (C=O) groups excluding carboxylic acids is 2. The molecule has 2 aromatic heterocycles. The highest BCUT2D eigenvalue weighted by Gasteiger charge is 2.27. The predicted molar refractivity (Wildman–Crippen MR) is 117 cm³/mol. The molecule has 0 bridgehead atoms. The normalized spacial score (nSPS) is 11.1. The molecule has 0 aliphatic rings. The SMILES string of the molecule is CCOC(=O)c1nn(-c2ccccc2)cc1C(=O)c1cc2c(ccc3ccccc32)o1. The van der Waals surface area contributed by atoms with Crippen molar-refractivity contribution in [2.45, 2.75) is 6.92 Å². The highest BCUT2D eigenvalue weighted by Crippen LogP contribution is 2.29. The number of rotatable bonds is 5. The molecule has 152 valence electrons. The Morgan fingerprint density at radius 3 is 2.55 bits per heavy atom. The first-order chi connectivity index (χ1) is 15.2. The average molecular weight is 410 g/mol. The largest absolute Gasteiger partial charge is 0.461 e. The molecule has 0 N–H and O–H groups in total. The van der Waals surface area contributed by atoms with Crippen LogP contribution in [0.5, 0.6) is 0 Å². The van der Waals surface area contributed by atoms with Gasteiger partial charge in [-0.25, -0.2) is 9.48 Å². The minimum Gasteiger partial charge on any atom is -0.461 e. The third-order valence-electron chi connectivity index (χ3n) is 5.10. The molecule has 6 nitrogen and oxygen atoms in total. The number of aromatic nitrogens is 2. The lowest BCUT2D eigenvalue weighted by molar-refractivity contribution is 0.0516. The Balaban J connectivity index is 1.63. The number of benzene rings is 3. The smallest absolute Gasteiger partial charge is 0.359 e. The number of fused-ring (bicyclic) bond motifs is 3. The fourth-order valence-corrected chi connectivity index (χ4v) is 3.64. The van der Waals surface area contributed by atoms with Crippen molar-refractivity contribution in [1.82, 2.24) is 9.78 Å². The first-order valence-corrected chi connectivity index (χ1v) is 9.94. The van der Waals surface area contributed by atoms with E-state index in [1.165, 1.54) is 10.9 Å². The van der Waals surface area contributed by atoms with Gasteiger partial charge in [0.25, 0.3) is 0 Å². The maximum atomic E-state index is 13.4. The molecule has 5 aromatic rings. The summed E-state index contributed by atoms with van der Waals surface area (Å²) in [5.74, 6) is -0.933. The molecule has 0 amide bonds. The quantitative estimate of drug-likeness (QED) is 0.295. The lowest BCUT2D eigenvalue weighted by Gasteiger charge is -2.00. The zero-order valence-corrected chi connectivity index (χ0v) is 16.7. The van der Waals surface area contributed by atoms with Crippen LogP contribution >= 0.6 is 0 Å². The van der Waals surface area contributed by atoms with Crippen LogP contribution in [-0.2, 0) is 4.74 Å². The number of para-hydroxylation sites is 1. The summed E-state index contributed by atoms with van der Waals surface area (Å²) < 4.78 is 12.5. The first-order valence-electron chi connectivity index (χ1n) is 9.94. The summed E-state index contributed by atoms with van der Waals surface area (Å²) in [6.45, 7) is 1.89. The highest BCUT2D eigenvalue weighted by molar-refractivity contribution is 6.15. The molecular weight excluding hydrogens is 392 g/mol. The molecular formula is C25H18N2O4. The fourth-order valence-electron chi connectivity index (χ4n) is 3.64. The highest BCUT2D eigenvalue weighted by atomic mass is 16.5. The molecule has 0 aliphatic carbocycles.